The Hall–Kier alpha value is -1.06. The zero-order valence-electron chi connectivity index (χ0n) is 10.9. The molecule has 0 fully saturated rings. The van der Waals surface area contributed by atoms with Gasteiger partial charge in [0.15, 0.2) is 0 Å². The molecule has 1 aromatic rings. The van der Waals surface area contributed by atoms with E-state index in [-0.39, 0.29) is 15.1 Å². The number of ether oxygens (including phenoxy) is 1. The van der Waals surface area contributed by atoms with Crippen molar-refractivity contribution >= 4 is 27.1 Å². The lowest BCUT2D eigenvalue weighted by molar-refractivity contribution is 0.0936. The van der Waals surface area contributed by atoms with Crippen LogP contribution in [0.15, 0.2) is 4.34 Å². The topological polar surface area (TPSA) is 98.3 Å². The molecule has 1 N–H and O–H groups in total. The van der Waals surface area contributed by atoms with E-state index in [2.05, 4.69) is 15.5 Å². The number of amides is 1. The molecular weight excluding hydrogens is 290 g/mol. The molecular formula is C10H17N3O4S2. The Labute approximate surface area is 116 Å². The smallest absolute Gasteiger partial charge is 0.282 e. The van der Waals surface area contributed by atoms with Crippen molar-refractivity contribution in [1.82, 2.24) is 15.5 Å². The summed E-state index contributed by atoms with van der Waals surface area (Å²) < 4.78 is 28.4. The maximum Gasteiger partial charge on any atom is 0.282 e. The summed E-state index contributed by atoms with van der Waals surface area (Å²) in [7, 11) is -1.90. The number of nitrogens with zero attached hydrogens (tertiary/aromatic N) is 2. The lowest BCUT2D eigenvalue weighted by Gasteiger charge is -2.00. The molecule has 0 saturated carbocycles. The van der Waals surface area contributed by atoms with Crippen LogP contribution in [0.3, 0.4) is 0 Å². The molecule has 1 aromatic heterocycles. The molecule has 0 aliphatic carbocycles. The normalized spacial score (nSPS) is 11.5. The molecule has 0 aromatic carbocycles. The maximum absolute atomic E-state index is 11.8. The second-order valence-corrected chi connectivity index (χ2v) is 7.05. The molecule has 0 atom stereocenters. The molecule has 19 heavy (non-hydrogen) atoms. The monoisotopic (exact) mass is 307 g/mol. The van der Waals surface area contributed by atoms with E-state index in [0.29, 0.717) is 19.6 Å². The molecule has 1 rings (SSSR count). The van der Waals surface area contributed by atoms with Crippen molar-refractivity contribution in [3.8, 4) is 0 Å². The van der Waals surface area contributed by atoms with Crippen LogP contribution in [0, 0.1) is 0 Å². The number of unbranched alkanes of at least 4 members (excludes halogenated alkanes) is 1. The molecule has 9 heteroatoms. The molecule has 1 heterocycles. The molecule has 108 valence electrons. The van der Waals surface area contributed by atoms with E-state index in [1.165, 1.54) is 7.11 Å². The van der Waals surface area contributed by atoms with Crippen LogP contribution in [-0.4, -0.2) is 50.5 Å². The SMILES string of the molecule is CCCCS(=O)(=O)c1nnc(C(=O)NCCOC)s1. The van der Waals surface area contributed by atoms with Gasteiger partial charge in [-0.3, -0.25) is 4.79 Å². The fraction of sp³-hybridized carbons (Fsp3) is 0.700. The molecule has 0 aliphatic heterocycles. The first-order valence-corrected chi connectivity index (χ1v) is 8.31. The zero-order chi connectivity index (χ0) is 14.3. The van der Waals surface area contributed by atoms with Crippen LogP contribution in [0.4, 0.5) is 0 Å². The van der Waals surface area contributed by atoms with Gasteiger partial charge in [-0.05, 0) is 6.42 Å². The predicted molar refractivity (Wildman–Crippen MR) is 71.1 cm³/mol. The minimum atomic E-state index is -3.42. The first kappa shape index (κ1) is 16.0. The number of hydrogen-bond acceptors (Lipinski definition) is 7. The van der Waals surface area contributed by atoms with Gasteiger partial charge in [0.2, 0.25) is 19.2 Å². The van der Waals surface area contributed by atoms with E-state index < -0.39 is 15.7 Å². The lowest BCUT2D eigenvalue weighted by atomic mass is 10.4. The largest absolute Gasteiger partial charge is 0.383 e. The van der Waals surface area contributed by atoms with Gasteiger partial charge in [-0.15, -0.1) is 10.2 Å². The van der Waals surface area contributed by atoms with Crippen molar-refractivity contribution in [2.24, 2.45) is 0 Å². The summed E-state index contributed by atoms with van der Waals surface area (Å²) in [5.41, 5.74) is 0. The second-order valence-electron chi connectivity index (χ2n) is 3.79. The Morgan fingerprint density at radius 1 is 1.42 bits per heavy atom. The van der Waals surface area contributed by atoms with Gasteiger partial charge in [-0.1, -0.05) is 24.7 Å². The highest BCUT2D eigenvalue weighted by Crippen LogP contribution is 2.18. The Balaban J connectivity index is 2.68. The van der Waals surface area contributed by atoms with Crippen molar-refractivity contribution in [2.75, 3.05) is 26.0 Å². The molecule has 0 unspecified atom stereocenters. The van der Waals surface area contributed by atoms with E-state index >= 15 is 0 Å². The van der Waals surface area contributed by atoms with Crippen molar-refractivity contribution in [3.05, 3.63) is 5.01 Å². The Morgan fingerprint density at radius 2 is 2.16 bits per heavy atom. The number of carbonyl (C=O) groups excluding carboxylic acids is 1. The van der Waals surface area contributed by atoms with Gasteiger partial charge in [0, 0.05) is 13.7 Å². The molecule has 1 amide bonds. The summed E-state index contributed by atoms with van der Waals surface area (Å²) in [6.45, 7) is 2.63. The van der Waals surface area contributed by atoms with Gasteiger partial charge in [0.25, 0.3) is 5.91 Å². The number of sulfone groups is 1. The minimum absolute atomic E-state index is 0.0312. The molecule has 0 aliphatic rings. The standard InChI is InChI=1S/C10H17N3O4S2/c1-3-4-7-19(15,16)10-13-12-9(18-10)8(14)11-5-6-17-2/h3-7H2,1-2H3,(H,11,14). The van der Waals surface area contributed by atoms with Crippen molar-refractivity contribution in [1.29, 1.82) is 0 Å². The fourth-order valence-corrected chi connectivity index (χ4v) is 3.69. The van der Waals surface area contributed by atoms with Crippen LogP contribution in [0.5, 0.6) is 0 Å². The van der Waals surface area contributed by atoms with Gasteiger partial charge in [-0.2, -0.15) is 0 Å². The van der Waals surface area contributed by atoms with Crippen LogP contribution in [0.2, 0.25) is 0 Å². The van der Waals surface area contributed by atoms with Gasteiger partial charge in [0.05, 0.1) is 12.4 Å². The number of methoxy groups -OCH3 is 1. The van der Waals surface area contributed by atoms with E-state index in [0.717, 1.165) is 17.8 Å². The average molecular weight is 307 g/mol. The third-order valence-electron chi connectivity index (χ3n) is 2.23. The Bertz CT molecular complexity index is 513. The number of nitrogens with one attached hydrogen (secondary N) is 1. The van der Waals surface area contributed by atoms with Crippen LogP contribution < -0.4 is 5.32 Å². The Morgan fingerprint density at radius 3 is 2.79 bits per heavy atom. The van der Waals surface area contributed by atoms with E-state index in [4.69, 9.17) is 4.74 Å². The highest BCUT2D eigenvalue weighted by molar-refractivity contribution is 7.93. The van der Waals surface area contributed by atoms with E-state index in [9.17, 15) is 13.2 Å². The number of aromatic nitrogens is 2. The van der Waals surface area contributed by atoms with Crippen molar-refractivity contribution in [2.45, 2.75) is 24.1 Å². The van der Waals surface area contributed by atoms with Crippen LogP contribution in [0.25, 0.3) is 0 Å². The zero-order valence-corrected chi connectivity index (χ0v) is 12.5. The van der Waals surface area contributed by atoms with Gasteiger partial charge in [-0.25, -0.2) is 8.42 Å². The van der Waals surface area contributed by atoms with Crippen LogP contribution >= 0.6 is 11.3 Å². The first-order valence-electron chi connectivity index (χ1n) is 5.84. The number of hydrogen-bond donors (Lipinski definition) is 1. The van der Waals surface area contributed by atoms with Crippen molar-refractivity contribution < 1.29 is 17.9 Å². The highest BCUT2D eigenvalue weighted by Gasteiger charge is 2.22. The molecule has 0 spiro atoms. The number of rotatable bonds is 8. The third-order valence-corrected chi connectivity index (χ3v) is 5.39. The van der Waals surface area contributed by atoms with E-state index in [1.807, 2.05) is 6.92 Å². The van der Waals surface area contributed by atoms with E-state index in [1.54, 1.807) is 0 Å². The minimum Gasteiger partial charge on any atom is -0.383 e. The van der Waals surface area contributed by atoms with Gasteiger partial charge < -0.3 is 10.1 Å². The van der Waals surface area contributed by atoms with Gasteiger partial charge in [0.1, 0.15) is 0 Å². The summed E-state index contributed by atoms with van der Waals surface area (Å²) in [6.07, 6.45) is 1.35. The summed E-state index contributed by atoms with van der Waals surface area (Å²) >= 11 is 0.793. The Kier molecular flexibility index (Phi) is 6.32. The van der Waals surface area contributed by atoms with Gasteiger partial charge >= 0.3 is 0 Å². The molecule has 0 bridgehead atoms. The first-order chi connectivity index (χ1) is 9.01. The van der Waals surface area contributed by atoms with Crippen molar-refractivity contribution in [3.63, 3.8) is 0 Å². The lowest BCUT2D eigenvalue weighted by Crippen LogP contribution is -2.26. The fourth-order valence-electron chi connectivity index (χ4n) is 1.19. The number of carbonyl (C=O) groups is 1. The predicted octanol–water partition coefficient (Wildman–Crippen LogP) is 0.488. The third kappa shape index (κ3) is 4.84. The summed E-state index contributed by atoms with van der Waals surface area (Å²) in [5.74, 6) is -0.407. The summed E-state index contributed by atoms with van der Waals surface area (Å²) in [6, 6.07) is 0. The average Bonchev–Trinajstić information content (AvgIpc) is 2.87. The highest BCUT2D eigenvalue weighted by atomic mass is 32.2. The second kappa shape index (κ2) is 7.51. The van der Waals surface area contributed by atoms with Crippen LogP contribution in [0.1, 0.15) is 29.6 Å². The summed E-state index contributed by atoms with van der Waals surface area (Å²) in [4.78, 5) is 11.6. The summed E-state index contributed by atoms with van der Waals surface area (Å²) in [5, 5.41) is 9.79. The molecule has 0 saturated heterocycles. The van der Waals surface area contributed by atoms with Crippen LogP contribution in [-0.2, 0) is 14.6 Å². The quantitative estimate of drug-likeness (QED) is 0.702. The maximum atomic E-state index is 11.8. The molecule has 0 radical (unpaired) electrons. The molecule has 7 nitrogen and oxygen atoms in total.